The van der Waals surface area contributed by atoms with E-state index >= 15 is 0 Å². The van der Waals surface area contributed by atoms with Gasteiger partial charge in [0, 0.05) is 6.07 Å². The minimum atomic E-state index is -1.31. The normalized spacial score (nSPS) is 11.3. The van der Waals surface area contributed by atoms with Crippen molar-refractivity contribution in [2.45, 2.75) is 13.0 Å². The van der Waals surface area contributed by atoms with Crippen molar-refractivity contribution in [1.82, 2.24) is 5.32 Å². The number of hydrogen-bond donors (Lipinski definition) is 2. The summed E-state index contributed by atoms with van der Waals surface area (Å²) in [5.41, 5.74) is 4.11. The number of nitrogens with one attached hydrogen (secondary N) is 1. The Bertz CT molecular complexity index is 618. The first kappa shape index (κ1) is 16.4. The number of primary amides is 1. The van der Waals surface area contributed by atoms with Crippen molar-refractivity contribution in [2.75, 3.05) is 0 Å². The number of hydrogen-bond acceptors (Lipinski definition) is 6. The first-order valence-corrected chi connectivity index (χ1v) is 5.85. The zero-order valence-electron chi connectivity index (χ0n) is 10.7. The molecule has 1 aromatic carbocycles. The Morgan fingerprint density at radius 3 is 2.57 bits per heavy atom. The van der Waals surface area contributed by atoms with E-state index < -0.39 is 34.6 Å². The van der Waals surface area contributed by atoms with E-state index in [0.29, 0.717) is 0 Å². The third-order valence-corrected chi connectivity index (χ3v) is 2.60. The summed E-state index contributed by atoms with van der Waals surface area (Å²) in [6, 6.07) is 2.19. The fourth-order valence-corrected chi connectivity index (χ4v) is 1.47. The standard InChI is InChI=1S/C11H10ClN3O6/c1-5(9(16)14-11(13)18)21-10(17)6-2-3-7(12)8(4-6)15(19)20/h2-5H,1H3,(H3,13,14,16,18)/t5-/m0/s1. The van der Waals surface area contributed by atoms with Crippen molar-refractivity contribution in [1.29, 1.82) is 0 Å². The number of ether oxygens (including phenoxy) is 1. The number of urea groups is 1. The quantitative estimate of drug-likeness (QED) is 0.482. The van der Waals surface area contributed by atoms with E-state index in [2.05, 4.69) is 0 Å². The van der Waals surface area contributed by atoms with E-state index in [1.165, 1.54) is 13.0 Å². The molecular weight excluding hydrogens is 306 g/mol. The van der Waals surface area contributed by atoms with Gasteiger partial charge in [0.05, 0.1) is 10.5 Å². The zero-order chi connectivity index (χ0) is 16.2. The Labute approximate surface area is 123 Å². The number of amides is 3. The van der Waals surface area contributed by atoms with Crippen LogP contribution in [0.2, 0.25) is 5.02 Å². The maximum Gasteiger partial charge on any atom is 0.339 e. The molecule has 112 valence electrons. The molecule has 1 aromatic rings. The van der Waals surface area contributed by atoms with E-state index in [0.717, 1.165) is 12.1 Å². The number of rotatable bonds is 4. The third-order valence-electron chi connectivity index (χ3n) is 2.28. The summed E-state index contributed by atoms with van der Waals surface area (Å²) in [7, 11) is 0. The van der Waals surface area contributed by atoms with Gasteiger partial charge in [-0.1, -0.05) is 11.6 Å². The van der Waals surface area contributed by atoms with Gasteiger partial charge < -0.3 is 10.5 Å². The van der Waals surface area contributed by atoms with Crippen LogP contribution in [0.4, 0.5) is 10.5 Å². The molecule has 0 saturated carbocycles. The van der Waals surface area contributed by atoms with Crippen molar-refractivity contribution in [3.05, 3.63) is 38.9 Å². The number of benzene rings is 1. The summed E-state index contributed by atoms with van der Waals surface area (Å²) in [4.78, 5) is 43.5. The van der Waals surface area contributed by atoms with Crippen molar-refractivity contribution in [2.24, 2.45) is 5.73 Å². The average molecular weight is 316 g/mol. The molecule has 9 nitrogen and oxygen atoms in total. The number of nitrogens with zero attached hydrogens (tertiary/aromatic N) is 1. The predicted octanol–water partition coefficient (Wildman–Crippen LogP) is 0.988. The molecule has 1 atom stereocenters. The summed E-state index contributed by atoms with van der Waals surface area (Å²) >= 11 is 5.60. The fraction of sp³-hybridized carbons (Fsp3) is 0.182. The first-order valence-electron chi connectivity index (χ1n) is 5.47. The number of halogens is 1. The SMILES string of the molecule is C[C@H](OC(=O)c1ccc(Cl)c([N+](=O)[O-])c1)C(=O)NC(N)=O. The molecule has 0 fully saturated rings. The lowest BCUT2D eigenvalue weighted by Gasteiger charge is -2.11. The van der Waals surface area contributed by atoms with Crippen LogP contribution in [0.5, 0.6) is 0 Å². The zero-order valence-corrected chi connectivity index (χ0v) is 11.4. The van der Waals surface area contributed by atoms with Crippen LogP contribution >= 0.6 is 11.6 Å². The van der Waals surface area contributed by atoms with Gasteiger partial charge in [0.25, 0.3) is 11.6 Å². The Hall–Kier alpha value is -2.68. The number of carbonyl (C=O) groups excluding carboxylic acids is 3. The van der Waals surface area contributed by atoms with Crippen LogP contribution in [0.3, 0.4) is 0 Å². The summed E-state index contributed by atoms with van der Waals surface area (Å²) in [5, 5.41) is 12.3. The van der Waals surface area contributed by atoms with E-state index in [1.807, 2.05) is 0 Å². The molecule has 0 saturated heterocycles. The Morgan fingerprint density at radius 1 is 1.43 bits per heavy atom. The highest BCUT2D eigenvalue weighted by molar-refractivity contribution is 6.32. The molecule has 1 rings (SSSR count). The molecule has 0 aliphatic carbocycles. The second-order valence-corrected chi connectivity index (χ2v) is 4.23. The maximum absolute atomic E-state index is 11.7. The molecular formula is C11H10ClN3O6. The van der Waals surface area contributed by atoms with Gasteiger partial charge in [-0.25, -0.2) is 9.59 Å². The van der Waals surface area contributed by atoms with Crippen LogP contribution in [0.25, 0.3) is 0 Å². The van der Waals surface area contributed by atoms with Gasteiger partial charge in [0.15, 0.2) is 6.10 Å². The number of nitro benzene ring substituents is 1. The molecule has 0 spiro atoms. The lowest BCUT2D eigenvalue weighted by atomic mass is 10.2. The van der Waals surface area contributed by atoms with Gasteiger partial charge in [-0.2, -0.15) is 0 Å². The molecule has 0 heterocycles. The van der Waals surface area contributed by atoms with Gasteiger partial charge in [-0.15, -0.1) is 0 Å². The van der Waals surface area contributed by atoms with E-state index in [1.54, 1.807) is 5.32 Å². The van der Waals surface area contributed by atoms with E-state index in [9.17, 15) is 24.5 Å². The van der Waals surface area contributed by atoms with Crippen LogP contribution in [0, 0.1) is 10.1 Å². The van der Waals surface area contributed by atoms with Crippen LogP contribution in [0.1, 0.15) is 17.3 Å². The second kappa shape index (κ2) is 6.66. The van der Waals surface area contributed by atoms with Gasteiger partial charge in [0.2, 0.25) is 0 Å². The molecule has 21 heavy (non-hydrogen) atoms. The number of esters is 1. The topological polar surface area (TPSA) is 142 Å². The molecule has 0 aromatic heterocycles. The van der Waals surface area contributed by atoms with Crippen molar-refractivity contribution < 1.29 is 24.0 Å². The number of nitrogens with two attached hydrogens (primary N) is 1. The lowest BCUT2D eigenvalue weighted by Crippen LogP contribution is -2.42. The third kappa shape index (κ3) is 4.42. The van der Waals surface area contributed by atoms with Crippen molar-refractivity contribution >= 4 is 35.2 Å². The maximum atomic E-state index is 11.7. The van der Waals surface area contributed by atoms with Crippen LogP contribution in [-0.4, -0.2) is 28.9 Å². The Morgan fingerprint density at radius 2 is 2.05 bits per heavy atom. The van der Waals surface area contributed by atoms with Crippen molar-refractivity contribution in [3.8, 4) is 0 Å². The molecule has 0 radical (unpaired) electrons. The Balaban J connectivity index is 2.85. The molecule has 0 unspecified atom stereocenters. The van der Waals surface area contributed by atoms with Gasteiger partial charge in [-0.3, -0.25) is 20.2 Å². The smallest absolute Gasteiger partial charge is 0.339 e. The minimum Gasteiger partial charge on any atom is -0.449 e. The molecule has 3 N–H and O–H groups in total. The monoisotopic (exact) mass is 315 g/mol. The predicted molar refractivity (Wildman–Crippen MR) is 70.7 cm³/mol. The number of carbonyl (C=O) groups is 3. The second-order valence-electron chi connectivity index (χ2n) is 3.82. The highest BCUT2D eigenvalue weighted by Gasteiger charge is 2.22. The number of nitro groups is 1. The van der Waals surface area contributed by atoms with Crippen molar-refractivity contribution in [3.63, 3.8) is 0 Å². The Kier molecular flexibility index (Phi) is 5.19. The molecule has 0 bridgehead atoms. The summed E-state index contributed by atoms with van der Waals surface area (Å²) in [6.07, 6.45) is -1.31. The minimum absolute atomic E-state index is 0.143. The summed E-state index contributed by atoms with van der Waals surface area (Å²) < 4.78 is 4.75. The fourth-order valence-electron chi connectivity index (χ4n) is 1.28. The van der Waals surface area contributed by atoms with E-state index in [-0.39, 0.29) is 10.6 Å². The van der Waals surface area contributed by atoms with E-state index in [4.69, 9.17) is 22.1 Å². The van der Waals surface area contributed by atoms with Gasteiger partial charge in [-0.05, 0) is 19.1 Å². The number of imide groups is 1. The average Bonchev–Trinajstić information content (AvgIpc) is 2.37. The highest BCUT2D eigenvalue weighted by atomic mass is 35.5. The van der Waals surface area contributed by atoms with Crippen LogP contribution in [-0.2, 0) is 9.53 Å². The summed E-state index contributed by atoms with van der Waals surface area (Å²) in [6.45, 7) is 1.21. The first-order chi connectivity index (χ1) is 9.72. The van der Waals surface area contributed by atoms with Gasteiger partial charge in [0.1, 0.15) is 5.02 Å². The highest BCUT2D eigenvalue weighted by Crippen LogP contribution is 2.25. The lowest BCUT2D eigenvalue weighted by molar-refractivity contribution is -0.384. The molecule has 0 aliphatic rings. The largest absolute Gasteiger partial charge is 0.449 e. The molecule has 10 heteroatoms. The molecule has 0 aliphatic heterocycles. The summed E-state index contributed by atoms with van der Waals surface area (Å²) in [5.74, 6) is -1.90. The molecule has 3 amide bonds. The van der Waals surface area contributed by atoms with Crippen LogP contribution in [0.15, 0.2) is 18.2 Å². The van der Waals surface area contributed by atoms with Gasteiger partial charge >= 0.3 is 12.0 Å². The van der Waals surface area contributed by atoms with Crippen LogP contribution < -0.4 is 11.1 Å².